The molecule has 4 heteroatoms. The number of rotatable bonds is 6. The van der Waals surface area contributed by atoms with Crippen LogP contribution in [0.15, 0.2) is 12.3 Å². The van der Waals surface area contributed by atoms with Crippen molar-refractivity contribution in [2.75, 3.05) is 17.7 Å². The van der Waals surface area contributed by atoms with Gasteiger partial charge in [-0.15, -0.1) is 11.6 Å². The van der Waals surface area contributed by atoms with Crippen molar-refractivity contribution in [1.29, 1.82) is 0 Å². The minimum Gasteiger partial charge on any atom is -0.354 e. The molecule has 16 heavy (non-hydrogen) atoms. The highest BCUT2D eigenvalue weighted by atomic mass is 35.5. The van der Waals surface area contributed by atoms with Gasteiger partial charge in [0.1, 0.15) is 0 Å². The molecule has 0 saturated carbocycles. The first-order chi connectivity index (χ1) is 7.65. The maximum Gasteiger partial charge on any atom is 0.222 e. The van der Waals surface area contributed by atoms with Crippen LogP contribution in [0.25, 0.3) is 0 Å². The fourth-order valence-corrected chi connectivity index (χ4v) is 2.01. The monoisotopic (exact) mass is 241 g/mol. The Morgan fingerprint density at radius 2 is 2.06 bits per heavy atom. The lowest BCUT2D eigenvalue weighted by Crippen LogP contribution is -2.30. The maximum atomic E-state index is 6.04. The Bertz CT molecular complexity index is 316. The molecule has 0 aliphatic rings. The summed E-state index contributed by atoms with van der Waals surface area (Å²) < 4.78 is 0. The van der Waals surface area contributed by atoms with E-state index in [0.29, 0.717) is 11.8 Å². The number of anilines is 1. The van der Waals surface area contributed by atoms with Gasteiger partial charge in [0.25, 0.3) is 0 Å². The SMILES string of the molecule is CCC(CC)(CCl)CNc1nccc(C)n1. The molecule has 0 saturated heterocycles. The fraction of sp³-hybridized carbons (Fsp3) is 0.667. The Labute approximate surface area is 103 Å². The average Bonchev–Trinajstić information content (AvgIpc) is 2.32. The molecule has 90 valence electrons. The van der Waals surface area contributed by atoms with Crippen LogP contribution in [0.2, 0.25) is 0 Å². The summed E-state index contributed by atoms with van der Waals surface area (Å²) in [7, 11) is 0. The molecule has 0 unspecified atom stereocenters. The summed E-state index contributed by atoms with van der Waals surface area (Å²) in [5.41, 5.74) is 1.12. The highest BCUT2D eigenvalue weighted by Gasteiger charge is 2.24. The van der Waals surface area contributed by atoms with Gasteiger partial charge in [-0.3, -0.25) is 0 Å². The summed E-state index contributed by atoms with van der Waals surface area (Å²) in [4.78, 5) is 8.49. The van der Waals surface area contributed by atoms with Crippen molar-refractivity contribution in [3.8, 4) is 0 Å². The van der Waals surface area contributed by atoms with E-state index in [1.165, 1.54) is 0 Å². The first-order valence-electron chi connectivity index (χ1n) is 5.75. The van der Waals surface area contributed by atoms with E-state index >= 15 is 0 Å². The fourth-order valence-electron chi connectivity index (χ4n) is 1.54. The smallest absolute Gasteiger partial charge is 0.222 e. The molecule has 0 aliphatic carbocycles. The summed E-state index contributed by atoms with van der Waals surface area (Å²) >= 11 is 6.04. The van der Waals surface area contributed by atoms with Crippen LogP contribution >= 0.6 is 11.6 Å². The molecule has 1 N–H and O–H groups in total. The lowest BCUT2D eigenvalue weighted by molar-refractivity contribution is 0.326. The van der Waals surface area contributed by atoms with Crippen LogP contribution in [0.4, 0.5) is 5.95 Å². The summed E-state index contributed by atoms with van der Waals surface area (Å²) in [6.45, 7) is 7.13. The van der Waals surface area contributed by atoms with Gasteiger partial charge in [0, 0.05) is 29.7 Å². The van der Waals surface area contributed by atoms with Gasteiger partial charge in [-0.1, -0.05) is 13.8 Å². The van der Waals surface area contributed by atoms with E-state index in [4.69, 9.17) is 11.6 Å². The lowest BCUT2D eigenvalue weighted by Gasteiger charge is -2.29. The summed E-state index contributed by atoms with van der Waals surface area (Å²) in [6.07, 6.45) is 3.89. The van der Waals surface area contributed by atoms with Crippen molar-refractivity contribution in [3.63, 3.8) is 0 Å². The number of alkyl halides is 1. The maximum absolute atomic E-state index is 6.04. The van der Waals surface area contributed by atoms with E-state index in [0.717, 1.165) is 25.1 Å². The summed E-state index contributed by atoms with van der Waals surface area (Å²) in [5, 5.41) is 3.27. The van der Waals surface area contributed by atoms with Gasteiger partial charge < -0.3 is 5.32 Å². The Kier molecular flexibility index (Phi) is 5.00. The molecule has 0 bridgehead atoms. The highest BCUT2D eigenvalue weighted by molar-refractivity contribution is 6.18. The van der Waals surface area contributed by atoms with Crippen molar-refractivity contribution in [2.24, 2.45) is 5.41 Å². The number of hydrogen-bond acceptors (Lipinski definition) is 3. The largest absolute Gasteiger partial charge is 0.354 e. The van der Waals surface area contributed by atoms with Crippen molar-refractivity contribution in [2.45, 2.75) is 33.6 Å². The van der Waals surface area contributed by atoms with Gasteiger partial charge in [-0.2, -0.15) is 0 Å². The minimum absolute atomic E-state index is 0.147. The molecule has 1 aromatic rings. The van der Waals surface area contributed by atoms with E-state index in [2.05, 4.69) is 29.1 Å². The first-order valence-corrected chi connectivity index (χ1v) is 6.28. The number of aromatic nitrogens is 2. The minimum atomic E-state index is 0.147. The predicted molar refractivity (Wildman–Crippen MR) is 69.0 cm³/mol. The topological polar surface area (TPSA) is 37.8 Å². The summed E-state index contributed by atoms with van der Waals surface area (Å²) in [6, 6.07) is 1.89. The molecular weight excluding hydrogens is 222 g/mol. The molecule has 0 radical (unpaired) electrons. The van der Waals surface area contributed by atoms with Gasteiger partial charge >= 0.3 is 0 Å². The van der Waals surface area contributed by atoms with Crippen LogP contribution in [0.1, 0.15) is 32.4 Å². The highest BCUT2D eigenvalue weighted by Crippen LogP contribution is 2.27. The molecule has 3 nitrogen and oxygen atoms in total. The zero-order valence-electron chi connectivity index (χ0n) is 10.3. The Morgan fingerprint density at radius 3 is 2.56 bits per heavy atom. The Morgan fingerprint density at radius 1 is 1.38 bits per heavy atom. The molecular formula is C12H20ClN3. The second-order valence-corrected chi connectivity index (χ2v) is 4.48. The average molecular weight is 242 g/mol. The predicted octanol–water partition coefficient (Wildman–Crippen LogP) is 3.24. The third-order valence-corrected chi connectivity index (χ3v) is 3.77. The van der Waals surface area contributed by atoms with E-state index in [1.54, 1.807) is 6.20 Å². The molecule has 0 amide bonds. The first kappa shape index (κ1) is 13.2. The van der Waals surface area contributed by atoms with Crippen LogP contribution in [0.3, 0.4) is 0 Å². The molecule has 0 atom stereocenters. The van der Waals surface area contributed by atoms with Gasteiger partial charge in [-0.05, 0) is 25.8 Å². The molecule has 0 aliphatic heterocycles. The van der Waals surface area contributed by atoms with Gasteiger partial charge in [0.2, 0.25) is 5.95 Å². The molecule has 0 spiro atoms. The molecule has 0 aromatic carbocycles. The van der Waals surface area contributed by atoms with Crippen molar-refractivity contribution < 1.29 is 0 Å². The third-order valence-electron chi connectivity index (χ3n) is 3.20. The number of aryl methyl sites for hydroxylation is 1. The number of nitrogens with one attached hydrogen (secondary N) is 1. The number of nitrogens with zero attached hydrogens (tertiary/aromatic N) is 2. The van der Waals surface area contributed by atoms with Crippen molar-refractivity contribution >= 4 is 17.5 Å². The molecule has 0 fully saturated rings. The van der Waals surface area contributed by atoms with Crippen molar-refractivity contribution in [1.82, 2.24) is 9.97 Å². The zero-order chi connectivity index (χ0) is 12.0. The van der Waals surface area contributed by atoms with E-state index in [9.17, 15) is 0 Å². The number of halogens is 1. The van der Waals surface area contributed by atoms with Crippen molar-refractivity contribution in [3.05, 3.63) is 18.0 Å². The zero-order valence-corrected chi connectivity index (χ0v) is 11.0. The Hall–Kier alpha value is -0.830. The van der Waals surface area contributed by atoms with Gasteiger partial charge in [0.15, 0.2) is 0 Å². The lowest BCUT2D eigenvalue weighted by atomic mass is 9.84. The molecule has 1 rings (SSSR count). The third kappa shape index (κ3) is 3.34. The second-order valence-electron chi connectivity index (χ2n) is 4.22. The summed E-state index contributed by atoms with van der Waals surface area (Å²) in [5.74, 6) is 1.36. The van der Waals surface area contributed by atoms with Crippen LogP contribution in [0, 0.1) is 12.3 Å². The quantitative estimate of drug-likeness (QED) is 0.777. The van der Waals surface area contributed by atoms with Crippen LogP contribution < -0.4 is 5.32 Å². The van der Waals surface area contributed by atoms with Crippen LogP contribution in [0.5, 0.6) is 0 Å². The standard InChI is InChI=1S/C12H20ClN3/c1-4-12(5-2,8-13)9-15-11-14-7-6-10(3)16-11/h6-7H,4-5,8-9H2,1-3H3,(H,14,15,16). The van der Waals surface area contributed by atoms with E-state index in [-0.39, 0.29) is 5.41 Å². The van der Waals surface area contributed by atoms with E-state index < -0.39 is 0 Å². The van der Waals surface area contributed by atoms with Gasteiger partial charge in [-0.25, -0.2) is 9.97 Å². The number of hydrogen-bond donors (Lipinski definition) is 1. The normalized spacial score (nSPS) is 11.5. The van der Waals surface area contributed by atoms with Crippen LogP contribution in [-0.2, 0) is 0 Å². The molecule has 1 heterocycles. The second kappa shape index (κ2) is 6.04. The van der Waals surface area contributed by atoms with Gasteiger partial charge in [0.05, 0.1) is 0 Å². The Balaban J connectivity index is 2.62. The van der Waals surface area contributed by atoms with E-state index in [1.807, 2.05) is 13.0 Å². The molecule has 1 aromatic heterocycles. The van der Waals surface area contributed by atoms with Crippen LogP contribution in [-0.4, -0.2) is 22.4 Å².